The monoisotopic (exact) mass is 425 g/mol. The highest BCUT2D eigenvalue weighted by atomic mass is 32.2. The maximum absolute atomic E-state index is 13.0. The first-order chi connectivity index (χ1) is 13.9. The highest BCUT2D eigenvalue weighted by Crippen LogP contribution is 2.33. The number of nitrogens with one attached hydrogen (secondary N) is 1. The molecule has 5 nitrogen and oxygen atoms in total. The summed E-state index contributed by atoms with van der Waals surface area (Å²) in [5.41, 5.74) is 2.24. The zero-order valence-corrected chi connectivity index (χ0v) is 17.0. The van der Waals surface area contributed by atoms with E-state index in [1.54, 1.807) is 13.1 Å². The number of thiocarbonyl (C=S) groups is 1. The maximum atomic E-state index is 13.0. The molecule has 1 fully saturated rings. The SMILES string of the molecule is CN1C(=O)C(=Cc2cn(CC(=O)Nc3ccc(F)cc3)c3ccccc23)SC1=S. The molecule has 0 bridgehead atoms. The van der Waals surface area contributed by atoms with Gasteiger partial charge in [-0.3, -0.25) is 14.5 Å². The fourth-order valence-electron chi connectivity index (χ4n) is 3.10. The van der Waals surface area contributed by atoms with Crippen LogP contribution in [-0.4, -0.2) is 32.6 Å². The number of amides is 2. The van der Waals surface area contributed by atoms with Crippen LogP contribution in [0.15, 0.2) is 59.6 Å². The second kappa shape index (κ2) is 7.81. The largest absolute Gasteiger partial charge is 0.337 e. The number of nitrogens with zero attached hydrogens (tertiary/aromatic N) is 2. The van der Waals surface area contributed by atoms with Crippen LogP contribution in [0.2, 0.25) is 0 Å². The third-order valence-electron chi connectivity index (χ3n) is 4.53. The molecule has 2 amide bonds. The molecular formula is C21H16FN3O2S2. The first-order valence-electron chi connectivity index (χ1n) is 8.77. The van der Waals surface area contributed by atoms with Crippen LogP contribution in [-0.2, 0) is 16.1 Å². The van der Waals surface area contributed by atoms with E-state index in [0.29, 0.717) is 14.9 Å². The molecule has 0 atom stereocenters. The second-order valence-corrected chi connectivity index (χ2v) is 8.20. The molecular weight excluding hydrogens is 409 g/mol. The Kier molecular flexibility index (Phi) is 5.21. The average Bonchev–Trinajstić information content (AvgIpc) is 3.16. The molecule has 1 aliphatic rings. The Hall–Kier alpha value is -2.97. The summed E-state index contributed by atoms with van der Waals surface area (Å²) in [6.07, 6.45) is 3.65. The lowest BCUT2D eigenvalue weighted by molar-refractivity contribution is -0.121. The van der Waals surface area contributed by atoms with Crippen molar-refractivity contribution in [1.82, 2.24) is 9.47 Å². The Balaban J connectivity index is 1.62. The van der Waals surface area contributed by atoms with E-state index in [1.807, 2.05) is 35.0 Å². The van der Waals surface area contributed by atoms with Crippen molar-refractivity contribution in [1.29, 1.82) is 0 Å². The summed E-state index contributed by atoms with van der Waals surface area (Å²) in [5, 5.41) is 3.69. The summed E-state index contributed by atoms with van der Waals surface area (Å²) >= 11 is 6.45. The standard InChI is InChI=1S/C21H16FN3O2S2/c1-24-20(27)18(29-21(24)28)10-13-11-25(17-5-3-2-4-16(13)17)12-19(26)23-15-8-6-14(22)7-9-15/h2-11H,12H2,1H3,(H,23,26). The molecule has 29 heavy (non-hydrogen) atoms. The zero-order valence-electron chi connectivity index (χ0n) is 15.4. The summed E-state index contributed by atoms with van der Waals surface area (Å²) in [5.74, 6) is -0.726. The van der Waals surface area contributed by atoms with Crippen molar-refractivity contribution >= 4 is 62.8 Å². The number of fused-ring (bicyclic) bond motifs is 1. The molecule has 1 N–H and O–H groups in total. The molecule has 1 aromatic heterocycles. The quantitative estimate of drug-likeness (QED) is 0.502. The number of likely N-dealkylation sites (N-methyl/N-ethyl adjacent to an activating group) is 1. The first-order valence-corrected chi connectivity index (χ1v) is 10.00. The minimum atomic E-state index is -0.360. The van der Waals surface area contributed by atoms with Gasteiger partial charge in [-0.25, -0.2) is 4.39 Å². The normalized spacial score (nSPS) is 15.5. The van der Waals surface area contributed by atoms with E-state index in [9.17, 15) is 14.0 Å². The van der Waals surface area contributed by atoms with Crippen LogP contribution in [0.1, 0.15) is 5.56 Å². The molecule has 1 aliphatic heterocycles. The lowest BCUT2D eigenvalue weighted by atomic mass is 10.1. The summed E-state index contributed by atoms with van der Waals surface area (Å²) in [6.45, 7) is 0.0838. The summed E-state index contributed by atoms with van der Waals surface area (Å²) in [6, 6.07) is 13.3. The topological polar surface area (TPSA) is 54.3 Å². The molecule has 4 rings (SSSR count). The van der Waals surface area contributed by atoms with Crippen molar-refractivity contribution in [2.45, 2.75) is 6.54 Å². The number of rotatable bonds is 4. The lowest BCUT2D eigenvalue weighted by Gasteiger charge is -2.07. The Morgan fingerprint density at radius 2 is 1.93 bits per heavy atom. The van der Waals surface area contributed by atoms with E-state index in [-0.39, 0.29) is 24.2 Å². The van der Waals surface area contributed by atoms with Gasteiger partial charge in [-0.15, -0.1) is 0 Å². The first kappa shape index (κ1) is 19.4. The van der Waals surface area contributed by atoms with Gasteiger partial charge in [0.05, 0.1) is 4.91 Å². The van der Waals surface area contributed by atoms with E-state index in [1.165, 1.54) is 40.9 Å². The molecule has 0 saturated carbocycles. The number of hydrogen-bond donors (Lipinski definition) is 1. The Labute approximate surface area is 176 Å². The highest BCUT2D eigenvalue weighted by Gasteiger charge is 2.29. The predicted octanol–water partition coefficient (Wildman–Crippen LogP) is 4.25. The number of anilines is 1. The van der Waals surface area contributed by atoms with Crippen LogP contribution in [0.4, 0.5) is 10.1 Å². The van der Waals surface area contributed by atoms with E-state index >= 15 is 0 Å². The molecule has 3 aromatic rings. The zero-order chi connectivity index (χ0) is 20.5. The number of halogens is 1. The van der Waals surface area contributed by atoms with Crippen molar-refractivity contribution in [3.63, 3.8) is 0 Å². The van der Waals surface area contributed by atoms with Crippen LogP contribution in [0, 0.1) is 5.82 Å². The van der Waals surface area contributed by atoms with Crippen LogP contribution >= 0.6 is 24.0 Å². The highest BCUT2D eigenvalue weighted by molar-refractivity contribution is 8.26. The van der Waals surface area contributed by atoms with Gasteiger partial charge in [0.2, 0.25) is 5.91 Å². The van der Waals surface area contributed by atoms with Gasteiger partial charge < -0.3 is 9.88 Å². The molecule has 0 aliphatic carbocycles. The van der Waals surface area contributed by atoms with E-state index in [0.717, 1.165) is 16.5 Å². The average molecular weight is 426 g/mol. The molecule has 2 aromatic carbocycles. The van der Waals surface area contributed by atoms with Crippen molar-refractivity contribution in [3.05, 3.63) is 71.0 Å². The Bertz CT molecular complexity index is 1170. The molecule has 146 valence electrons. The van der Waals surface area contributed by atoms with Crippen molar-refractivity contribution < 1.29 is 14.0 Å². The molecule has 2 heterocycles. The number of carbonyl (C=O) groups excluding carboxylic acids is 2. The number of para-hydroxylation sites is 1. The third-order valence-corrected chi connectivity index (χ3v) is 6.02. The third kappa shape index (κ3) is 3.94. The predicted molar refractivity (Wildman–Crippen MR) is 118 cm³/mol. The number of hydrogen-bond acceptors (Lipinski definition) is 4. The molecule has 8 heteroatoms. The van der Waals surface area contributed by atoms with Gasteiger partial charge in [-0.05, 0) is 36.4 Å². The van der Waals surface area contributed by atoms with Gasteiger partial charge in [-0.2, -0.15) is 0 Å². The second-order valence-electron chi connectivity index (χ2n) is 6.53. The minimum Gasteiger partial charge on any atom is -0.337 e. The van der Waals surface area contributed by atoms with Crippen LogP contribution in [0.5, 0.6) is 0 Å². The minimum absolute atomic E-state index is 0.0838. The maximum Gasteiger partial charge on any atom is 0.265 e. The van der Waals surface area contributed by atoms with E-state index in [2.05, 4.69) is 5.32 Å². The molecule has 0 radical (unpaired) electrons. The van der Waals surface area contributed by atoms with Crippen LogP contribution in [0.25, 0.3) is 17.0 Å². The van der Waals surface area contributed by atoms with Gasteiger partial charge >= 0.3 is 0 Å². The Morgan fingerprint density at radius 3 is 2.62 bits per heavy atom. The van der Waals surface area contributed by atoms with Crippen LogP contribution < -0.4 is 5.32 Å². The van der Waals surface area contributed by atoms with Gasteiger partial charge in [0.25, 0.3) is 5.91 Å². The fourth-order valence-corrected chi connectivity index (χ4v) is 4.27. The van der Waals surface area contributed by atoms with Gasteiger partial charge in [0.15, 0.2) is 0 Å². The van der Waals surface area contributed by atoms with E-state index in [4.69, 9.17) is 12.2 Å². The summed E-state index contributed by atoms with van der Waals surface area (Å²) in [7, 11) is 1.65. The van der Waals surface area contributed by atoms with Crippen molar-refractivity contribution in [2.24, 2.45) is 0 Å². The van der Waals surface area contributed by atoms with Crippen molar-refractivity contribution in [3.8, 4) is 0 Å². The van der Waals surface area contributed by atoms with E-state index < -0.39 is 0 Å². The number of thioether (sulfide) groups is 1. The summed E-state index contributed by atoms with van der Waals surface area (Å²) < 4.78 is 15.4. The molecule has 0 spiro atoms. The fraction of sp³-hybridized carbons (Fsp3) is 0.0952. The number of carbonyl (C=O) groups is 2. The molecule has 0 unspecified atom stereocenters. The number of aromatic nitrogens is 1. The summed E-state index contributed by atoms with van der Waals surface area (Å²) in [4.78, 5) is 26.8. The van der Waals surface area contributed by atoms with Gasteiger partial charge in [0.1, 0.15) is 16.7 Å². The number of benzene rings is 2. The smallest absolute Gasteiger partial charge is 0.265 e. The Morgan fingerprint density at radius 1 is 1.21 bits per heavy atom. The van der Waals surface area contributed by atoms with Gasteiger partial charge in [-0.1, -0.05) is 42.2 Å². The lowest BCUT2D eigenvalue weighted by Crippen LogP contribution is -2.22. The van der Waals surface area contributed by atoms with Gasteiger partial charge in [0, 0.05) is 35.4 Å². The van der Waals surface area contributed by atoms with Crippen molar-refractivity contribution in [2.75, 3.05) is 12.4 Å². The van der Waals surface area contributed by atoms with Crippen LogP contribution in [0.3, 0.4) is 0 Å². The molecule has 1 saturated heterocycles.